The number of rotatable bonds is 4. The zero-order valence-electron chi connectivity index (χ0n) is 14.5. The minimum absolute atomic E-state index is 0.209. The Morgan fingerprint density at radius 1 is 1.35 bits per heavy atom. The van der Waals surface area contributed by atoms with Gasteiger partial charge in [-0.3, -0.25) is 9.78 Å². The van der Waals surface area contributed by atoms with E-state index in [-0.39, 0.29) is 16.9 Å². The second-order valence-electron chi connectivity index (χ2n) is 6.72. The van der Waals surface area contributed by atoms with Crippen LogP contribution >= 0.6 is 0 Å². The summed E-state index contributed by atoms with van der Waals surface area (Å²) < 4.78 is 0. The van der Waals surface area contributed by atoms with Crippen LogP contribution in [-0.2, 0) is 0 Å². The number of nitrogens with zero attached hydrogens (tertiary/aromatic N) is 3. The summed E-state index contributed by atoms with van der Waals surface area (Å²) in [5.74, 6) is 0.238. The molecule has 124 valence electrons. The van der Waals surface area contributed by atoms with Gasteiger partial charge in [-0.25, -0.2) is 5.43 Å². The second-order valence-corrected chi connectivity index (χ2v) is 6.72. The summed E-state index contributed by atoms with van der Waals surface area (Å²) in [6.07, 6.45) is 7.76. The SMILES string of the molecule is CC1=C(/C=C/C(C)=N\Nc2nnc(C)c(=O)[nH]2)C(C)(C)CCC1. The molecule has 1 aliphatic carbocycles. The predicted molar refractivity (Wildman–Crippen MR) is 93.6 cm³/mol. The van der Waals surface area contributed by atoms with Gasteiger partial charge in [-0.2, -0.15) is 5.10 Å². The normalized spacial score (nSPS) is 18.6. The third kappa shape index (κ3) is 4.37. The lowest BCUT2D eigenvalue weighted by Crippen LogP contribution is -2.19. The predicted octanol–water partition coefficient (Wildman–Crippen LogP) is 3.34. The van der Waals surface area contributed by atoms with Crippen LogP contribution in [0.4, 0.5) is 5.95 Å². The first-order chi connectivity index (χ1) is 10.8. The summed E-state index contributed by atoms with van der Waals surface area (Å²) in [6.45, 7) is 10.3. The molecule has 0 unspecified atom stereocenters. The van der Waals surface area contributed by atoms with Gasteiger partial charge in [-0.05, 0) is 57.1 Å². The molecule has 0 saturated heterocycles. The van der Waals surface area contributed by atoms with Crippen molar-refractivity contribution < 1.29 is 0 Å². The molecule has 1 aromatic rings. The summed E-state index contributed by atoms with van der Waals surface area (Å²) >= 11 is 0. The molecule has 1 aliphatic rings. The van der Waals surface area contributed by atoms with Gasteiger partial charge in [-0.1, -0.05) is 25.5 Å². The standard InChI is InChI=1S/C17H25N5O/c1-11-7-6-10-17(4,5)14(11)9-8-12(2)19-21-16-18-15(23)13(3)20-22-16/h8-9H,6-7,10H2,1-5H3,(H2,18,21,22,23)/b9-8+,19-12-. The van der Waals surface area contributed by atoms with Crippen LogP contribution in [0.5, 0.6) is 0 Å². The molecular weight excluding hydrogens is 290 g/mol. The van der Waals surface area contributed by atoms with Crippen molar-refractivity contribution in [2.24, 2.45) is 10.5 Å². The van der Waals surface area contributed by atoms with E-state index in [1.165, 1.54) is 24.0 Å². The number of aromatic nitrogens is 3. The number of nitrogens with one attached hydrogen (secondary N) is 2. The van der Waals surface area contributed by atoms with Gasteiger partial charge in [-0.15, -0.1) is 10.2 Å². The first kappa shape index (κ1) is 17.1. The Morgan fingerprint density at radius 2 is 2.09 bits per heavy atom. The Labute approximate surface area is 136 Å². The van der Waals surface area contributed by atoms with E-state index >= 15 is 0 Å². The Bertz CT molecular complexity index is 725. The van der Waals surface area contributed by atoms with Crippen LogP contribution in [0.1, 0.15) is 52.7 Å². The average Bonchev–Trinajstić information content (AvgIpc) is 2.47. The Balaban J connectivity index is 2.10. The van der Waals surface area contributed by atoms with Crippen LogP contribution in [0, 0.1) is 12.3 Å². The summed E-state index contributed by atoms with van der Waals surface area (Å²) in [5, 5.41) is 11.8. The molecule has 6 heteroatoms. The number of hydrazone groups is 1. The maximum Gasteiger partial charge on any atom is 0.274 e. The van der Waals surface area contributed by atoms with Crippen molar-refractivity contribution in [1.29, 1.82) is 0 Å². The largest absolute Gasteiger partial charge is 0.288 e. The van der Waals surface area contributed by atoms with E-state index in [2.05, 4.69) is 52.6 Å². The fraction of sp³-hybridized carbons (Fsp3) is 0.529. The molecule has 1 heterocycles. The zero-order valence-corrected chi connectivity index (χ0v) is 14.5. The van der Waals surface area contributed by atoms with Crippen molar-refractivity contribution in [2.45, 2.75) is 53.9 Å². The second kappa shape index (κ2) is 6.89. The molecule has 0 spiro atoms. The Morgan fingerprint density at radius 3 is 2.74 bits per heavy atom. The van der Waals surface area contributed by atoms with Crippen molar-refractivity contribution >= 4 is 11.7 Å². The average molecular weight is 315 g/mol. The van der Waals surface area contributed by atoms with E-state index in [4.69, 9.17) is 0 Å². The summed E-state index contributed by atoms with van der Waals surface area (Å²) in [6, 6.07) is 0. The molecule has 0 fully saturated rings. The fourth-order valence-corrected chi connectivity index (χ4v) is 2.84. The van der Waals surface area contributed by atoms with Gasteiger partial charge in [0.1, 0.15) is 5.69 Å². The van der Waals surface area contributed by atoms with Crippen LogP contribution < -0.4 is 11.0 Å². The van der Waals surface area contributed by atoms with E-state index in [1.54, 1.807) is 6.92 Å². The van der Waals surface area contributed by atoms with E-state index in [9.17, 15) is 4.79 Å². The number of hydrogen-bond acceptors (Lipinski definition) is 5. The number of H-pyrrole nitrogens is 1. The van der Waals surface area contributed by atoms with Crippen LogP contribution in [0.15, 0.2) is 33.2 Å². The molecule has 0 amide bonds. The first-order valence-corrected chi connectivity index (χ1v) is 7.92. The fourth-order valence-electron chi connectivity index (χ4n) is 2.84. The molecule has 6 nitrogen and oxygen atoms in total. The van der Waals surface area contributed by atoms with Crippen molar-refractivity contribution in [3.63, 3.8) is 0 Å². The van der Waals surface area contributed by atoms with Crippen LogP contribution in [0.3, 0.4) is 0 Å². The van der Waals surface area contributed by atoms with Crippen LogP contribution in [0.25, 0.3) is 0 Å². The van der Waals surface area contributed by atoms with Crippen molar-refractivity contribution in [3.05, 3.63) is 39.3 Å². The number of allylic oxidation sites excluding steroid dienone is 4. The Kier molecular flexibility index (Phi) is 5.13. The quantitative estimate of drug-likeness (QED) is 0.659. The third-order valence-corrected chi connectivity index (χ3v) is 4.23. The van der Waals surface area contributed by atoms with Gasteiger partial charge in [0.25, 0.3) is 5.56 Å². The van der Waals surface area contributed by atoms with Crippen LogP contribution in [-0.4, -0.2) is 20.9 Å². The van der Waals surface area contributed by atoms with Gasteiger partial charge < -0.3 is 0 Å². The highest BCUT2D eigenvalue weighted by atomic mass is 16.1. The Hall–Kier alpha value is -2.24. The summed E-state index contributed by atoms with van der Waals surface area (Å²) in [4.78, 5) is 14.0. The van der Waals surface area contributed by atoms with Gasteiger partial charge in [0.05, 0.1) is 5.71 Å². The van der Waals surface area contributed by atoms with Crippen molar-refractivity contribution in [2.75, 3.05) is 5.43 Å². The van der Waals surface area contributed by atoms with E-state index in [0.717, 1.165) is 12.1 Å². The first-order valence-electron chi connectivity index (χ1n) is 7.92. The molecular formula is C17H25N5O. The zero-order chi connectivity index (χ0) is 17.0. The highest BCUT2D eigenvalue weighted by Crippen LogP contribution is 2.40. The topological polar surface area (TPSA) is 83.0 Å². The van der Waals surface area contributed by atoms with Gasteiger partial charge >= 0.3 is 0 Å². The van der Waals surface area contributed by atoms with Crippen molar-refractivity contribution in [3.8, 4) is 0 Å². The van der Waals surface area contributed by atoms with Crippen molar-refractivity contribution in [1.82, 2.24) is 15.2 Å². The minimum Gasteiger partial charge on any atom is -0.288 e. The van der Waals surface area contributed by atoms with E-state index in [1.807, 2.05) is 13.0 Å². The molecule has 2 rings (SSSR count). The molecule has 1 aromatic heterocycles. The van der Waals surface area contributed by atoms with Gasteiger partial charge in [0, 0.05) is 0 Å². The lowest BCUT2D eigenvalue weighted by atomic mass is 9.72. The van der Waals surface area contributed by atoms with Gasteiger partial charge in [0.15, 0.2) is 0 Å². The lowest BCUT2D eigenvalue weighted by molar-refractivity contribution is 0.377. The number of hydrogen-bond donors (Lipinski definition) is 2. The number of anilines is 1. The molecule has 0 aromatic carbocycles. The highest BCUT2D eigenvalue weighted by Gasteiger charge is 2.26. The minimum atomic E-state index is -0.268. The van der Waals surface area contributed by atoms with Gasteiger partial charge in [0.2, 0.25) is 5.95 Å². The monoisotopic (exact) mass is 315 g/mol. The van der Waals surface area contributed by atoms with E-state index in [0.29, 0.717) is 5.69 Å². The van der Waals surface area contributed by atoms with Crippen LogP contribution in [0.2, 0.25) is 0 Å². The smallest absolute Gasteiger partial charge is 0.274 e. The third-order valence-electron chi connectivity index (χ3n) is 4.23. The maximum absolute atomic E-state index is 11.5. The molecule has 2 N–H and O–H groups in total. The molecule has 0 radical (unpaired) electrons. The maximum atomic E-state index is 11.5. The summed E-state index contributed by atoms with van der Waals surface area (Å²) in [5.41, 5.74) is 6.64. The molecule has 0 atom stereocenters. The number of aryl methyl sites for hydroxylation is 1. The molecule has 0 aliphatic heterocycles. The molecule has 0 saturated carbocycles. The van der Waals surface area contributed by atoms with E-state index < -0.39 is 0 Å². The summed E-state index contributed by atoms with van der Waals surface area (Å²) in [7, 11) is 0. The molecule has 23 heavy (non-hydrogen) atoms. The lowest BCUT2D eigenvalue weighted by Gasteiger charge is -2.32. The number of aromatic amines is 1. The molecule has 0 bridgehead atoms. The highest BCUT2D eigenvalue weighted by molar-refractivity contribution is 5.93.